The van der Waals surface area contributed by atoms with E-state index < -0.39 is 0 Å². The molecule has 0 N–H and O–H groups in total. The summed E-state index contributed by atoms with van der Waals surface area (Å²) in [7, 11) is 0. The van der Waals surface area contributed by atoms with Crippen molar-refractivity contribution in [2.75, 3.05) is 0 Å². The van der Waals surface area contributed by atoms with E-state index >= 15 is 0 Å². The lowest BCUT2D eigenvalue weighted by atomic mass is 9.79. The van der Waals surface area contributed by atoms with E-state index in [-0.39, 0.29) is 0 Å². The van der Waals surface area contributed by atoms with Gasteiger partial charge in [-0.05, 0) is 29.9 Å². The van der Waals surface area contributed by atoms with Gasteiger partial charge in [0.2, 0.25) is 0 Å². The van der Waals surface area contributed by atoms with Crippen LogP contribution < -0.4 is 0 Å². The minimum atomic E-state index is 0.321. The molecule has 1 aliphatic carbocycles. The molecule has 1 atom stereocenters. The summed E-state index contributed by atoms with van der Waals surface area (Å²) < 4.78 is 0. The minimum Gasteiger partial charge on any atom is -0.159 e. The van der Waals surface area contributed by atoms with Gasteiger partial charge in [0.05, 0.1) is 5.69 Å². The highest BCUT2D eigenvalue weighted by Gasteiger charge is 2.33. The second-order valence-corrected chi connectivity index (χ2v) is 4.90. The zero-order chi connectivity index (χ0) is 9.47. The maximum atomic E-state index is 4.26. The molecular formula is C11H16N2. The summed E-state index contributed by atoms with van der Waals surface area (Å²) in [5.74, 6) is 0.594. The summed E-state index contributed by atoms with van der Waals surface area (Å²) in [6.45, 7) is 6.84. The van der Waals surface area contributed by atoms with Crippen LogP contribution in [0.4, 0.5) is 0 Å². The van der Waals surface area contributed by atoms with Crippen LogP contribution in [0.3, 0.4) is 0 Å². The van der Waals surface area contributed by atoms with Gasteiger partial charge >= 0.3 is 0 Å². The molecular weight excluding hydrogens is 160 g/mol. The van der Waals surface area contributed by atoms with Gasteiger partial charge in [-0.15, -0.1) is 0 Å². The first-order valence-corrected chi connectivity index (χ1v) is 4.89. The molecule has 0 fully saturated rings. The molecule has 1 unspecified atom stereocenters. The van der Waals surface area contributed by atoms with Gasteiger partial charge in [-0.25, -0.2) is 0 Å². The summed E-state index contributed by atoms with van der Waals surface area (Å²) in [6, 6.07) is 2.11. The molecule has 1 aromatic heterocycles. The fourth-order valence-electron chi connectivity index (χ4n) is 2.15. The molecule has 0 aromatic carbocycles. The van der Waals surface area contributed by atoms with E-state index in [0.29, 0.717) is 11.3 Å². The summed E-state index contributed by atoms with van der Waals surface area (Å²) in [5.41, 5.74) is 2.95. The fraction of sp³-hybridized carbons (Fsp3) is 0.636. The van der Waals surface area contributed by atoms with Gasteiger partial charge in [-0.2, -0.15) is 10.2 Å². The first-order chi connectivity index (χ1) is 6.09. The molecule has 2 rings (SSSR count). The second kappa shape index (κ2) is 2.79. The van der Waals surface area contributed by atoms with Crippen LogP contribution in [-0.2, 0) is 6.42 Å². The molecule has 2 nitrogen and oxygen atoms in total. The Hall–Kier alpha value is -0.920. The van der Waals surface area contributed by atoms with Crippen molar-refractivity contribution < 1.29 is 0 Å². The molecule has 1 aromatic rings. The predicted octanol–water partition coefficient (Wildman–Crippen LogP) is 2.55. The van der Waals surface area contributed by atoms with E-state index in [1.807, 2.05) is 0 Å². The van der Waals surface area contributed by atoms with Gasteiger partial charge in [-0.1, -0.05) is 20.8 Å². The molecule has 0 saturated carbocycles. The van der Waals surface area contributed by atoms with Crippen molar-refractivity contribution in [2.45, 2.75) is 39.5 Å². The first-order valence-electron chi connectivity index (χ1n) is 4.89. The summed E-state index contributed by atoms with van der Waals surface area (Å²) in [6.07, 6.45) is 4.20. The average molecular weight is 176 g/mol. The third-order valence-corrected chi connectivity index (χ3v) is 2.91. The maximum Gasteiger partial charge on any atom is 0.0699 e. The van der Waals surface area contributed by atoms with Crippen LogP contribution in [0.5, 0.6) is 0 Å². The Balaban J connectivity index is 2.39. The molecule has 13 heavy (non-hydrogen) atoms. The normalized spacial score (nSPS) is 21.6. The number of hydrogen-bond acceptors (Lipinski definition) is 2. The largest absolute Gasteiger partial charge is 0.159 e. The summed E-state index contributed by atoms with van der Waals surface area (Å²) in [5, 5.41) is 8.23. The highest BCUT2D eigenvalue weighted by Crippen LogP contribution is 2.43. The van der Waals surface area contributed by atoms with Gasteiger partial charge in [0, 0.05) is 12.1 Å². The Morgan fingerprint density at radius 1 is 1.38 bits per heavy atom. The molecule has 0 bridgehead atoms. The summed E-state index contributed by atoms with van der Waals surface area (Å²) >= 11 is 0. The highest BCUT2D eigenvalue weighted by molar-refractivity contribution is 5.28. The van der Waals surface area contributed by atoms with Gasteiger partial charge in [-0.3, -0.25) is 0 Å². The molecule has 70 valence electrons. The third kappa shape index (κ3) is 1.45. The van der Waals surface area contributed by atoms with Crippen LogP contribution >= 0.6 is 0 Å². The lowest BCUT2D eigenvalue weighted by Gasteiger charge is -2.26. The monoisotopic (exact) mass is 176 g/mol. The zero-order valence-electron chi connectivity index (χ0n) is 8.54. The topological polar surface area (TPSA) is 25.8 Å². The van der Waals surface area contributed by atoms with Crippen molar-refractivity contribution >= 4 is 0 Å². The zero-order valence-corrected chi connectivity index (χ0v) is 8.54. The standard InChI is InChI=1S/C11H16N2/c1-11(2,3)9-5-4-8-6-7-12-13-10(8)9/h6-7,9H,4-5H2,1-3H3. The quantitative estimate of drug-likeness (QED) is 0.607. The van der Waals surface area contributed by atoms with Gasteiger partial charge in [0.1, 0.15) is 0 Å². The average Bonchev–Trinajstić information content (AvgIpc) is 2.45. The highest BCUT2D eigenvalue weighted by atomic mass is 15.1. The first kappa shape index (κ1) is 8.67. The minimum absolute atomic E-state index is 0.321. The van der Waals surface area contributed by atoms with Gasteiger partial charge < -0.3 is 0 Å². The molecule has 0 saturated heterocycles. The van der Waals surface area contributed by atoms with Crippen molar-refractivity contribution in [3.05, 3.63) is 23.5 Å². The van der Waals surface area contributed by atoms with Crippen LogP contribution in [-0.4, -0.2) is 10.2 Å². The van der Waals surface area contributed by atoms with E-state index in [0.717, 1.165) is 0 Å². The van der Waals surface area contributed by atoms with Crippen LogP contribution in [0.25, 0.3) is 0 Å². The second-order valence-electron chi connectivity index (χ2n) is 4.90. The third-order valence-electron chi connectivity index (χ3n) is 2.91. The van der Waals surface area contributed by atoms with Crippen molar-refractivity contribution in [2.24, 2.45) is 5.41 Å². The predicted molar refractivity (Wildman–Crippen MR) is 52.5 cm³/mol. The Bertz CT molecular complexity index is 312. The van der Waals surface area contributed by atoms with E-state index in [1.165, 1.54) is 24.1 Å². The number of aromatic nitrogens is 2. The Kier molecular flexibility index (Phi) is 1.86. The van der Waals surface area contributed by atoms with Crippen molar-refractivity contribution in [1.29, 1.82) is 0 Å². The smallest absolute Gasteiger partial charge is 0.0699 e. The molecule has 2 heteroatoms. The van der Waals surface area contributed by atoms with Crippen molar-refractivity contribution in [1.82, 2.24) is 10.2 Å². The van der Waals surface area contributed by atoms with E-state index in [4.69, 9.17) is 0 Å². The molecule has 0 radical (unpaired) electrons. The van der Waals surface area contributed by atoms with E-state index in [9.17, 15) is 0 Å². The lowest BCUT2D eigenvalue weighted by Crippen LogP contribution is -2.17. The number of hydrogen-bond donors (Lipinski definition) is 0. The van der Waals surface area contributed by atoms with Crippen molar-refractivity contribution in [3.8, 4) is 0 Å². The molecule has 0 amide bonds. The van der Waals surface area contributed by atoms with E-state index in [1.54, 1.807) is 6.20 Å². The SMILES string of the molecule is CC(C)(C)C1CCc2ccnnc21. The maximum absolute atomic E-state index is 4.26. The molecule has 1 aliphatic rings. The number of fused-ring (bicyclic) bond motifs is 1. The Morgan fingerprint density at radius 3 is 2.85 bits per heavy atom. The molecule has 0 aliphatic heterocycles. The number of nitrogens with zero attached hydrogens (tertiary/aromatic N) is 2. The van der Waals surface area contributed by atoms with Crippen LogP contribution in [0, 0.1) is 5.41 Å². The van der Waals surface area contributed by atoms with Crippen LogP contribution in [0.1, 0.15) is 44.4 Å². The molecule has 1 heterocycles. The lowest BCUT2D eigenvalue weighted by molar-refractivity contribution is 0.313. The van der Waals surface area contributed by atoms with Gasteiger partial charge in [0.15, 0.2) is 0 Å². The van der Waals surface area contributed by atoms with E-state index in [2.05, 4.69) is 37.0 Å². The van der Waals surface area contributed by atoms with Crippen molar-refractivity contribution in [3.63, 3.8) is 0 Å². The van der Waals surface area contributed by atoms with Crippen LogP contribution in [0.2, 0.25) is 0 Å². The van der Waals surface area contributed by atoms with Crippen LogP contribution in [0.15, 0.2) is 12.3 Å². The fourth-order valence-corrected chi connectivity index (χ4v) is 2.15. The Labute approximate surface area is 79.4 Å². The molecule has 0 spiro atoms. The number of aryl methyl sites for hydroxylation is 1. The summed E-state index contributed by atoms with van der Waals surface area (Å²) in [4.78, 5) is 0. The van der Waals surface area contributed by atoms with Gasteiger partial charge in [0.25, 0.3) is 0 Å². The Morgan fingerprint density at radius 2 is 2.15 bits per heavy atom. The number of rotatable bonds is 0.